The van der Waals surface area contributed by atoms with Crippen molar-refractivity contribution in [3.05, 3.63) is 0 Å². The number of carbonyl (C=O) groups is 1. The van der Waals surface area contributed by atoms with E-state index in [0.29, 0.717) is 6.04 Å². The maximum absolute atomic E-state index is 10.7. The lowest BCUT2D eigenvalue weighted by molar-refractivity contribution is -0.142. The van der Waals surface area contributed by atoms with Gasteiger partial charge in [0.05, 0.1) is 5.92 Å². The van der Waals surface area contributed by atoms with Crippen molar-refractivity contribution in [2.24, 2.45) is 11.8 Å². The fourth-order valence-electron chi connectivity index (χ4n) is 2.12. The van der Waals surface area contributed by atoms with Gasteiger partial charge in [0, 0.05) is 6.04 Å². The zero-order valence-corrected chi connectivity index (χ0v) is 9.83. The summed E-state index contributed by atoms with van der Waals surface area (Å²) in [5.41, 5.74) is 0. The molecule has 1 fully saturated rings. The normalized spacial score (nSPS) is 26.9. The Hall–Kier alpha value is -0.570. The Balaban J connectivity index is 2.12. The average Bonchev–Trinajstić information content (AvgIpc) is 2.18. The lowest BCUT2D eigenvalue weighted by atomic mass is 9.86. The fourth-order valence-corrected chi connectivity index (χ4v) is 2.12. The summed E-state index contributed by atoms with van der Waals surface area (Å²) in [6.45, 7) is 5.52. The third kappa shape index (κ3) is 4.65. The molecule has 0 aromatic carbocycles. The molecule has 0 unspecified atom stereocenters. The summed E-state index contributed by atoms with van der Waals surface area (Å²) in [6.07, 6.45) is 4.94. The number of carboxylic acid groups (broad SMARTS) is 1. The molecule has 0 bridgehead atoms. The molecular formula is C12H23NO2. The predicted octanol–water partition coefficient (Wildman–Crippen LogP) is 2.27. The first-order chi connectivity index (χ1) is 7.09. The predicted molar refractivity (Wildman–Crippen MR) is 60.8 cm³/mol. The summed E-state index contributed by atoms with van der Waals surface area (Å²) in [6, 6.07) is 0.555. The lowest BCUT2D eigenvalue weighted by Gasteiger charge is -2.27. The summed E-state index contributed by atoms with van der Waals surface area (Å²) < 4.78 is 0. The van der Waals surface area contributed by atoms with Crippen molar-refractivity contribution in [2.75, 3.05) is 6.54 Å². The monoisotopic (exact) mass is 213 g/mol. The van der Waals surface area contributed by atoms with Gasteiger partial charge in [0.2, 0.25) is 0 Å². The van der Waals surface area contributed by atoms with E-state index < -0.39 is 5.97 Å². The average molecular weight is 213 g/mol. The Morgan fingerprint density at radius 2 is 1.93 bits per heavy atom. The van der Waals surface area contributed by atoms with E-state index in [0.717, 1.165) is 38.1 Å². The molecule has 3 nitrogen and oxygen atoms in total. The summed E-state index contributed by atoms with van der Waals surface area (Å²) in [5.74, 6) is 0.0386. The van der Waals surface area contributed by atoms with Gasteiger partial charge in [0.25, 0.3) is 0 Å². The second-order valence-electron chi connectivity index (χ2n) is 5.02. The molecule has 0 amide bonds. The molecule has 1 aliphatic carbocycles. The van der Waals surface area contributed by atoms with Crippen LogP contribution in [0.5, 0.6) is 0 Å². The van der Waals surface area contributed by atoms with Crippen LogP contribution in [0.25, 0.3) is 0 Å². The molecule has 1 aliphatic rings. The molecule has 0 saturated heterocycles. The van der Waals surface area contributed by atoms with Gasteiger partial charge in [-0.25, -0.2) is 0 Å². The van der Waals surface area contributed by atoms with Crippen molar-refractivity contribution in [3.8, 4) is 0 Å². The zero-order valence-electron chi connectivity index (χ0n) is 9.83. The van der Waals surface area contributed by atoms with Gasteiger partial charge >= 0.3 is 5.97 Å². The van der Waals surface area contributed by atoms with Crippen molar-refractivity contribution < 1.29 is 9.90 Å². The molecule has 15 heavy (non-hydrogen) atoms. The molecule has 3 heteroatoms. The fraction of sp³-hybridized carbons (Fsp3) is 0.917. The van der Waals surface area contributed by atoms with Crippen molar-refractivity contribution in [3.63, 3.8) is 0 Å². The maximum atomic E-state index is 10.7. The number of aliphatic carboxylic acids is 1. The summed E-state index contributed by atoms with van der Waals surface area (Å²) >= 11 is 0. The number of hydrogen-bond donors (Lipinski definition) is 2. The second-order valence-corrected chi connectivity index (χ2v) is 5.02. The minimum absolute atomic E-state index is 0.0897. The molecule has 0 atom stereocenters. The van der Waals surface area contributed by atoms with Crippen LogP contribution in [0.1, 0.15) is 46.0 Å². The van der Waals surface area contributed by atoms with Crippen LogP contribution in [0.15, 0.2) is 0 Å². The first-order valence-electron chi connectivity index (χ1n) is 6.05. The number of carboxylic acids is 1. The van der Waals surface area contributed by atoms with Gasteiger partial charge in [-0.05, 0) is 44.6 Å². The molecule has 0 aromatic rings. The van der Waals surface area contributed by atoms with Crippen LogP contribution in [0.3, 0.4) is 0 Å². The molecule has 2 N–H and O–H groups in total. The van der Waals surface area contributed by atoms with E-state index in [1.165, 1.54) is 6.42 Å². The smallest absolute Gasteiger partial charge is 0.306 e. The van der Waals surface area contributed by atoms with Gasteiger partial charge < -0.3 is 10.4 Å². The van der Waals surface area contributed by atoms with E-state index in [2.05, 4.69) is 19.2 Å². The van der Waals surface area contributed by atoms with Crippen molar-refractivity contribution in [1.29, 1.82) is 0 Å². The van der Waals surface area contributed by atoms with Crippen LogP contribution < -0.4 is 5.32 Å². The second kappa shape index (κ2) is 6.11. The Kier molecular flexibility index (Phi) is 5.09. The van der Waals surface area contributed by atoms with E-state index in [1.807, 2.05) is 0 Å². The van der Waals surface area contributed by atoms with Gasteiger partial charge in [-0.2, -0.15) is 0 Å². The first kappa shape index (κ1) is 12.5. The Morgan fingerprint density at radius 3 is 2.40 bits per heavy atom. The van der Waals surface area contributed by atoms with E-state index >= 15 is 0 Å². The summed E-state index contributed by atoms with van der Waals surface area (Å²) in [7, 11) is 0. The molecule has 0 spiro atoms. The molecule has 0 radical (unpaired) electrons. The first-order valence-corrected chi connectivity index (χ1v) is 6.05. The van der Waals surface area contributed by atoms with Crippen LogP contribution in [0, 0.1) is 11.8 Å². The van der Waals surface area contributed by atoms with Crippen molar-refractivity contribution in [2.45, 2.75) is 52.0 Å². The highest BCUT2D eigenvalue weighted by Crippen LogP contribution is 2.24. The maximum Gasteiger partial charge on any atom is 0.306 e. The highest BCUT2D eigenvalue weighted by atomic mass is 16.4. The molecule has 1 rings (SSSR count). The van der Waals surface area contributed by atoms with Crippen LogP contribution in [-0.4, -0.2) is 23.7 Å². The van der Waals surface area contributed by atoms with Gasteiger partial charge in [-0.3, -0.25) is 4.79 Å². The Labute approximate surface area is 92.3 Å². The minimum Gasteiger partial charge on any atom is -0.481 e. The SMILES string of the molecule is CC(C)CCNC1CCC(C(=O)O)CC1. The zero-order chi connectivity index (χ0) is 11.3. The van der Waals surface area contributed by atoms with Crippen LogP contribution in [0.4, 0.5) is 0 Å². The van der Waals surface area contributed by atoms with Gasteiger partial charge in [-0.1, -0.05) is 13.8 Å². The minimum atomic E-state index is -0.615. The summed E-state index contributed by atoms with van der Waals surface area (Å²) in [5, 5.41) is 12.4. The summed E-state index contributed by atoms with van der Waals surface area (Å²) in [4.78, 5) is 10.7. The van der Waals surface area contributed by atoms with Crippen molar-refractivity contribution >= 4 is 5.97 Å². The number of rotatable bonds is 5. The van der Waals surface area contributed by atoms with Crippen LogP contribution in [-0.2, 0) is 4.79 Å². The molecule has 0 heterocycles. The topological polar surface area (TPSA) is 49.3 Å². The third-order valence-electron chi connectivity index (χ3n) is 3.23. The highest BCUT2D eigenvalue weighted by Gasteiger charge is 2.25. The van der Waals surface area contributed by atoms with Crippen molar-refractivity contribution in [1.82, 2.24) is 5.32 Å². The molecular weight excluding hydrogens is 190 g/mol. The lowest BCUT2D eigenvalue weighted by Crippen LogP contribution is -2.35. The standard InChI is InChI=1S/C12H23NO2/c1-9(2)7-8-13-11-5-3-10(4-6-11)12(14)15/h9-11,13H,3-8H2,1-2H3,(H,14,15). The molecule has 0 aliphatic heterocycles. The number of nitrogens with one attached hydrogen (secondary N) is 1. The van der Waals surface area contributed by atoms with E-state index in [1.54, 1.807) is 0 Å². The van der Waals surface area contributed by atoms with Crippen LogP contribution in [0.2, 0.25) is 0 Å². The highest BCUT2D eigenvalue weighted by molar-refractivity contribution is 5.70. The molecule has 0 aromatic heterocycles. The van der Waals surface area contributed by atoms with Gasteiger partial charge in [0.1, 0.15) is 0 Å². The van der Waals surface area contributed by atoms with Crippen LogP contribution >= 0.6 is 0 Å². The van der Waals surface area contributed by atoms with E-state index in [4.69, 9.17) is 5.11 Å². The largest absolute Gasteiger partial charge is 0.481 e. The van der Waals surface area contributed by atoms with E-state index in [9.17, 15) is 4.79 Å². The third-order valence-corrected chi connectivity index (χ3v) is 3.23. The molecule has 1 saturated carbocycles. The quantitative estimate of drug-likeness (QED) is 0.736. The Morgan fingerprint density at radius 1 is 1.33 bits per heavy atom. The molecule has 88 valence electrons. The number of hydrogen-bond acceptors (Lipinski definition) is 2. The van der Waals surface area contributed by atoms with Gasteiger partial charge in [-0.15, -0.1) is 0 Å². The van der Waals surface area contributed by atoms with E-state index in [-0.39, 0.29) is 5.92 Å². The van der Waals surface area contributed by atoms with Gasteiger partial charge in [0.15, 0.2) is 0 Å². The Bertz CT molecular complexity index is 196.